The molecule has 0 spiro atoms. The minimum Gasteiger partial charge on any atom is -0.398 e. The van der Waals surface area contributed by atoms with Gasteiger partial charge in [-0.1, -0.05) is 38.6 Å². The van der Waals surface area contributed by atoms with E-state index in [0.29, 0.717) is 29.3 Å². The number of aromatic nitrogens is 1. The first kappa shape index (κ1) is 27.8. The highest BCUT2D eigenvalue weighted by molar-refractivity contribution is 5.96. The Hall–Kier alpha value is -4.23. The van der Waals surface area contributed by atoms with Crippen LogP contribution in [-0.2, 0) is 6.54 Å². The van der Waals surface area contributed by atoms with Gasteiger partial charge in [-0.15, -0.1) is 0 Å². The number of pyridine rings is 1. The second-order valence-electron chi connectivity index (χ2n) is 10.1. The smallest absolute Gasteiger partial charge is 0.131 e. The van der Waals surface area contributed by atoms with Crippen molar-refractivity contribution in [3.8, 4) is 11.1 Å². The molecule has 6 nitrogen and oxygen atoms in total. The van der Waals surface area contributed by atoms with E-state index in [1.165, 1.54) is 6.21 Å². The zero-order chi connectivity index (χ0) is 27.8. The Morgan fingerprint density at radius 2 is 1.92 bits per heavy atom. The molecule has 0 unspecified atom stereocenters. The molecule has 0 saturated carbocycles. The van der Waals surface area contributed by atoms with Gasteiger partial charge in [-0.05, 0) is 78.7 Å². The molecule has 0 atom stereocenters. The molecule has 4 aromatic rings. The van der Waals surface area contributed by atoms with E-state index in [9.17, 15) is 0 Å². The van der Waals surface area contributed by atoms with Gasteiger partial charge in [0.2, 0.25) is 0 Å². The number of nitrogens with one attached hydrogen (secondary N) is 3. The number of nitrogens with two attached hydrogens (primary N) is 1. The number of halogens is 1. The lowest BCUT2D eigenvalue weighted by atomic mass is 10.00. The maximum absolute atomic E-state index is 15.5. The fourth-order valence-corrected chi connectivity index (χ4v) is 4.54. The van der Waals surface area contributed by atoms with Crippen LogP contribution in [0.4, 0.5) is 21.5 Å². The third kappa shape index (κ3) is 7.21. The molecule has 4 rings (SSSR count). The Bertz CT molecular complexity index is 1450. The monoisotopic (exact) mass is 524 g/mol. The summed E-state index contributed by atoms with van der Waals surface area (Å²) in [5.74, 6) is 0.367. The summed E-state index contributed by atoms with van der Waals surface area (Å²) < 4.78 is 15.5. The lowest BCUT2D eigenvalue weighted by molar-refractivity contribution is 0.252. The van der Waals surface area contributed by atoms with E-state index in [1.807, 2.05) is 48.5 Å². The zero-order valence-corrected chi connectivity index (χ0v) is 22.7. The predicted molar refractivity (Wildman–Crippen MR) is 162 cm³/mol. The largest absolute Gasteiger partial charge is 0.398 e. The summed E-state index contributed by atoms with van der Waals surface area (Å²) in [6.07, 6.45) is 5.77. The molecule has 1 aromatic heterocycles. The summed E-state index contributed by atoms with van der Waals surface area (Å²) in [4.78, 5) is 6.84. The molecule has 7 heteroatoms. The average molecular weight is 525 g/mol. The Kier molecular flexibility index (Phi) is 9.28. The van der Waals surface area contributed by atoms with Crippen LogP contribution < -0.4 is 16.4 Å². The molecule has 39 heavy (non-hydrogen) atoms. The van der Waals surface area contributed by atoms with Gasteiger partial charge in [-0.3, -0.25) is 9.88 Å². The van der Waals surface area contributed by atoms with E-state index in [2.05, 4.69) is 40.9 Å². The van der Waals surface area contributed by atoms with Crippen LogP contribution in [0, 0.1) is 17.1 Å². The first-order valence-electron chi connectivity index (χ1n) is 13.3. The van der Waals surface area contributed by atoms with Crippen molar-refractivity contribution in [3.63, 3.8) is 0 Å². The average Bonchev–Trinajstić information content (AvgIpc) is 2.93. The third-order valence-electron chi connectivity index (χ3n) is 6.75. The van der Waals surface area contributed by atoms with Crippen LogP contribution in [-0.4, -0.2) is 35.7 Å². The van der Waals surface area contributed by atoms with E-state index in [1.54, 1.807) is 24.5 Å². The molecular weight excluding hydrogens is 487 g/mol. The number of nitrogen functional groups attached to an aromatic ring is 1. The van der Waals surface area contributed by atoms with E-state index < -0.39 is 0 Å². The molecule has 0 amide bonds. The highest BCUT2D eigenvalue weighted by Crippen LogP contribution is 2.32. The number of hydrogen-bond acceptors (Lipinski definition) is 6. The van der Waals surface area contributed by atoms with Crippen molar-refractivity contribution in [2.75, 3.05) is 30.7 Å². The van der Waals surface area contributed by atoms with Crippen LogP contribution in [0.3, 0.4) is 0 Å². The third-order valence-corrected chi connectivity index (χ3v) is 6.75. The minimum atomic E-state index is -0.243. The summed E-state index contributed by atoms with van der Waals surface area (Å²) in [7, 11) is 0. The van der Waals surface area contributed by atoms with Crippen LogP contribution in [0.1, 0.15) is 31.4 Å². The van der Waals surface area contributed by atoms with Crippen LogP contribution in [0.25, 0.3) is 22.0 Å². The van der Waals surface area contributed by atoms with Crippen LogP contribution in [0.15, 0.2) is 79.6 Å². The second kappa shape index (κ2) is 13.0. The first-order valence-corrected chi connectivity index (χ1v) is 13.3. The Morgan fingerprint density at radius 3 is 2.67 bits per heavy atom. The summed E-state index contributed by atoms with van der Waals surface area (Å²) >= 11 is 0. The van der Waals surface area contributed by atoms with E-state index in [4.69, 9.17) is 11.1 Å². The molecule has 0 aliphatic rings. The van der Waals surface area contributed by atoms with Crippen molar-refractivity contribution in [1.82, 2.24) is 15.2 Å². The lowest BCUT2D eigenvalue weighted by Gasteiger charge is -2.23. The van der Waals surface area contributed by atoms with Crippen molar-refractivity contribution in [2.45, 2.75) is 26.8 Å². The molecule has 0 radical (unpaired) electrons. The molecule has 1 heterocycles. The highest BCUT2D eigenvalue weighted by Gasteiger charge is 2.12. The standard InChI is InChI=1S/C32H37FN6/c1-4-36-14-16-39(15-12-22(2)3)21-23-5-8-27(29(33)17-23)24-6-10-31-28(19-24)32(11-13-37-31)38-26-7-9-30(35)25(18-26)20-34/h4-11,13,17-20,22,34,36H,1,12,14-16,21,35H2,2-3H3,(H,37,38). The van der Waals surface area contributed by atoms with Gasteiger partial charge in [0, 0.05) is 65.6 Å². The minimum absolute atomic E-state index is 0.243. The van der Waals surface area contributed by atoms with Crippen molar-refractivity contribution < 1.29 is 4.39 Å². The fourth-order valence-electron chi connectivity index (χ4n) is 4.54. The van der Waals surface area contributed by atoms with Gasteiger partial charge in [0.15, 0.2) is 0 Å². The van der Waals surface area contributed by atoms with Gasteiger partial charge in [-0.25, -0.2) is 4.39 Å². The Morgan fingerprint density at radius 1 is 1.08 bits per heavy atom. The topological polar surface area (TPSA) is 90.1 Å². The van der Waals surface area contributed by atoms with Gasteiger partial charge in [0.05, 0.1) is 5.52 Å². The number of anilines is 3. The van der Waals surface area contributed by atoms with E-state index in [0.717, 1.165) is 59.5 Å². The summed E-state index contributed by atoms with van der Waals surface area (Å²) in [5, 5.41) is 15.0. The van der Waals surface area contributed by atoms with Gasteiger partial charge in [-0.2, -0.15) is 0 Å². The maximum atomic E-state index is 15.5. The van der Waals surface area contributed by atoms with Gasteiger partial charge < -0.3 is 21.8 Å². The van der Waals surface area contributed by atoms with Gasteiger partial charge in [0.1, 0.15) is 5.82 Å². The fraction of sp³-hybridized carbons (Fsp3) is 0.250. The van der Waals surface area contributed by atoms with Gasteiger partial charge in [0.25, 0.3) is 0 Å². The first-order chi connectivity index (χ1) is 18.9. The van der Waals surface area contributed by atoms with Crippen molar-refractivity contribution >= 4 is 34.2 Å². The van der Waals surface area contributed by atoms with E-state index in [-0.39, 0.29) is 5.82 Å². The SMILES string of the molecule is C=CNCCN(CCC(C)C)Cc1ccc(-c2ccc3nccc(Nc4ccc(N)c(C=N)c4)c3c2)c(F)c1. The molecule has 0 fully saturated rings. The van der Waals surface area contributed by atoms with Crippen LogP contribution >= 0.6 is 0 Å². The van der Waals surface area contributed by atoms with Crippen LogP contribution in [0.5, 0.6) is 0 Å². The molecular formula is C32H37FN6. The Balaban J connectivity index is 1.58. The highest BCUT2D eigenvalue weighted by atomic mass is 19.1. The zero-order valence-electron chi connectivity index (χ0n) is 22.7. The Labute approximate surface area is 230 Å². The van der Waals surface area contributed by atoms with Gasteiger partial charge >= 0.3 is 0 Å². The summed E-state index contributed by atoms with van der Waals surface area (Å²) in [6, 6.07) is 18.7. The molecule has 0 aliphatic carbocycles. The molecule has 0 saturated heterocycles. The molecule has 5 N–H and O–H groups in total. The lowest BCUT2D eigenvalue weighted by Crippen LogP contribution is -2.31. The van der Waals surface area contributed by atoms with Crippen molar-refractivity contribution in [1.29, 1.82) is 5.41 Å². The summed E-state index contributed by atoms with van der Waals surface area (Å²) in [5.41, 5.74) is 11.9. The number of hydrogen-bond donors (Lipinski definition) is 4. The normalized spacial score (nSPS) is 11.2. The van der Waals surface area contributed by atoms with E-state index >= 15 is 4.39 Å². The maximum Gasteiger partial charge on any atom is 0.131 e. The summed E-state index contributed by atoms with van der Waals surface area (Å²) in [6.45, 7) is 11.5. The number of rotatable bonds is 13. The number of fused-ring (bicyclic) bond motifs is 1. The second-order valence-corrected chi connectivity index (χ2v) is 10.1. The number of nitrogens with zero attached hydrogens (tertiary/aromatic N) is 2. The predicted octanol–water partition coefficient (Wildman–Crippen LogP) is 6.95. The van der Waals surface area contributed by atoms with Crippen molar-refractivity contribution in [2.24, 2.45) is 5.92 Å². The number of benzene rings is 3. The van der Waals surface area contributed by atoms with Crippen LogP contribution in [0.2, 0.25) is 0 Å². The molecule has 202 valence electrons. The molecule has 0 aliphatic heterocycles. The molecule has 3 aromatic carbocycles. The quantitative estimate of drug-likeness (QED) is 0.0864. The van der Waals surface area contributed by atoms with Crippen molar-refractivity contribution in [3.05, 3.63) is 96.6 Å². The molecule has 0 bridgehead atoms.